The molecule has 1 aromatic heterocycles. The lowest BCUT2D eigenvalue weighted by Crippen LogP contribution is -2.38. The zero-order valence-corrected chi connectivity index (χ0v) is 30.3. The third-order valence-electron chi connectivity index (χ3n) is 12.4. The number of anilines is 4. The van der Waals surface area contributed by atoms with Gasteiger partial charge in [-0.05, 0) is 107 Å². The van der Waals surface area contributed by atoms with Gasteiger partial charge in [-0.25, -0.2) is 0 Å². The van der Waals surface area contributed by atoms with Crippen molar-refractivity contribution in [1.82, 2.24) is 0 Å². The molecule has 0 spiro atoms. The lowest BCUT2D eigenvalue weighted by molar-refractivity contribution is 0.485. The lowest BCUT2D eigenvalue weighted by Gasteiger charge is -2.45. The number of hydrogen-bond donors (Lipinski definition) is 0. The fraction of sp³-hybridized carbons (Fsp3) is 0.137. The smallest absolute Gasteiger partial charge is 0.134 e. The van der Waals surface area contributed by atoms with Gasteiger partial charge in [-0.1, -0.05) is 128 Å². The van der Waals surface area contributed by atoms with E-state index >= 15 is 0 Å². The fourth-order valence-electron chi connectivity index (χ4n) is 9.93. The number of rotatable bonds is 5. The molecule has 11 rings (SSSR count). The summed E-state index contributed by atoms with van der Waals surface area (Å²) in [6, 6.07) is 46.8. The van der Waals surface area contributed by atoms with E-state index < -0.39 is 0 Å². The second-order valence-corrected chi connectivity index (χ2v) is 15.4. The molecule has 0 saturated carbocycles. The van der Waals surface area contributed by atoms with E-state index in [0.717, 1.165) is 24.2 Å². The number of benzene rings is 5. The minimum atomic E-state index is -0.182. The quantitative estimate of drug-likeness (QED) is 0.179. The largest absolute Gasteiger partial charge is 0.460 e. The van der Waals surface area contributed by atoms with Crippen LogP contribution in [0, 0.1) is 5.41 Å². The Kier molecular flexibility index (Phi) is 7.00. The van der Waals surface area contributed by atoms with Gasteiger partial charge in [-0.2, -0.15) is 0 Å². The van der Waals surface area contributed by atoms with Crippen LogP contribution in [0.3, 0.4) is 0 Å². The van der Waals surface area contributed by atoms with Crippen molar-refractivity contribution in [2.24, 2.45) is 5.41 Å². The van der Waals surface area contributed by atoms with Crippen LogP contribution in [0.15, 0.2) is 185 Å². The molecule has 4 atom stereocenters. The molecule has 5 aromatic carbocycles. The highest BCUT2D eigenvalue weighted by Gasteiger charge is 2.51. The molecule has 4 aliphatic carbocycles. The lowest BCUT2D eigenvalue weighted by atomic mass is 9.60. The molecule has 0 fully saturated rings. The molecule has 0 amide bonds. The van der Waals surface area contributed by atoms with Gasteiger partial charge < -0.3 is 14.2 Å². The second-order valence-electron chi connectivity index (χ2n) is 15.4. The summed E-state index contributed by atoms with van der Waals surface area (Å²) in [4.78, 5) is 5.07. The van der Waals surface area contributed by atoms with Crippen LogP contribution in [0.2, 0.25) is 0 Å². The maximum Gasteiger partial charge on any atom is 0.134 e. The Morgan fingerprint density at radius 1 is 0.704 bits per heavy atom. The first-order valence-electron chi connectivity index (χ1n) is 19.3. The summed E-state index contributed by atoms with van der Waals surface area (Å²) in [7, 11) is 0. The van der Waals surface area contributed by atoms with Crippen molar-refractivity contribution in [2.75, 3.05) is 9.80 Å². The molecular weight excluding hydrogens is 657 g/mol. The van der Waals surface area contributed by atoms with E-state index in [4.69, 9.17) is 4.42 Å². The summed E-state index contributed by atoms with van der Waals surface area (Å²) in [6.45, 7) is 2.46. The SMILES string of the molecule is CC12CC=CC=C1c1ccccc1C=C2C1=Cc2c(oc3ccccc23)C2c3ccccc3N(c3ccc(N(c4ccccc4)C4C=CC=CC4)cc3)C12. The van der Waals surface area contributed by atoms with Crippen LogP contribution in [-0.2, 0) is 0 Å². The molecule has 54 heavy (non-hydrogen) atoms. The molecule has 0 bridgehead atoms. The second kappa shape index (κ2) is 12.1. The van der Waals surface area contributed by atoms with Crippen molar-refractivity contribution in [3.63, 3.8) is 0 Å². The monoisotopic (exact) mass is 696 g/mol. The van der Waals surface area contributed by atoms with Crippen molar-refractivity contribution in [1.29, 1.82) is 0 Å². The van der Waals surface area contributed by atoms with Gasteiger partial charge in [0.25, 0.3) is 0 Å². The maximum atomic E-state index is 6.90. The van der Waals surface area contributed by atoms with Crippen molar-refractivity contribution < 1.29 is 4.42 Å². The van der Waals surface area contributed by atoms with Gasteiger partial charge in [0, 0.05) is 39.1 Å². The third-order valence-corrected chi connectivity index (χ3v) is 12.4. The summed E-state index contributed by atoms with van der Waals surface area (Å²) in [6.07, 6.45) is 22.7. The van der Waals surface area contributed by atoms with E-state index in [-0.39, 0.29) is 23.4 Å². The molecule has 4 unspecified atom stereocenters. The van der Waals surface area contributed by atoms with Crippen molar-refractivity contribution >= 4 is 51.4 Å². The van der Waals surface area contributed by atoms with Gasteiger partial charge in [0.15, 0.2) is 0 Å². The van der Waals surface area contributed by atoms with Crippen LogP contribution < -0.4 is 9.80 Å². The van der Waals surface area contributed by atoms with Crippen LogP contribution in [-0.4, -0.2) is 12.1 Å². The first-order valence-corrected chi connectivity index (χ1v) is 19.3. The molecule has 3 heteroatoms. The average molecular weight is 697 g/mol. The fourth-order valence-corrected chi connectivity index (χ4v) is 9.93. The molecular formula is C51H40N2O. The number of fused-ring (bicyclic) bond motifs is 10. The number of allylic oxidation sites excluding steroid dienone is 6. The van der Waals surface area contributed by atoms with E-state index in [1.54, 1.807) is 0 Å². The van der Waals surface area contributed by atoms with Gasteiger partial charge in [0.05, 0.1) is 18.0 Å². The van der Waals surface area contributed by atoms with Gasteiger partial charge in [0.1, 0.15) is 11.3 Å². The minimum Gasteiger partial charge on any atom is -0.460 e. The highest BCUT2D eigenvalue weighted by molar-refractivity contribution is 5.97. The number of para-hydroxylation sites is 3. The van der Waals surface area contributed by atoms with Crippen LogP contribution in [0.1, 0.15) is 53.7 Å². The van der Waals surface area contributed by atoms with Crippen LogP contribution in [0.25, 0.3) is 28.7 Å². The summed E-state index contributed by atoms with van der Waals surface area (Å²) >= 11 is 0. The van der Waals surface area contributed by atoms with Crippen molar-refractivity contribution in [2.45, 2.75) is 37.8 Å². The summed E-state index contributed by atoms with van der Waals surface area (Å²) in [5.41, 5.74) is 14.9. The van der Waals surface area contributed by atoms with E-state index in [2.05, 4.69) is 199 Å². The first-order chi connectivity index (χ1) is 26.7. The van der Waals surface area contributed by atoms with Crippen LogP contribution >= 0.6 is 0 Å². The molecule has 3 nitrogen and oxygen atoms in total. The first kappa shape index (κ1) is 31.2. The predicted molar refractivity (Wildman–Crippen MR) is 224 cm³/mol. The van der Waals surface area contributed by atoms with E-state index in [1.807, 2.05) is 0 Å². The van der Waals surface area contributed by atoms with Crippen LogP contribution in [0.5, 0.6) is 0 Å². The minimum absolute atomic E-state index is 0.00144. The topological polar surface area (TPSA) is 19.6 Å². The highest BCUT2D eigenvalue weighted by Crippen LogP contribution is 2.61. The van der Waals surface area contributed by atoms with E-state index in [1.165, 1.54) is 67.1 Å². The third kappa shape index (κ3) is 4.61. The Morgan fingerprint density at radius 2 is 1.48 bits per heavy atom. The molecule has 0 saturated heterocycles. The van der Waals surface area contributed by atoms with Crippen LogP contribution in [0.4, 0.5) is 22.7 Å². The zero-order chi connectivity index (χ0) is 35.8. The van der Waals surface area contributed by atoms with Gasteiger partial charge in [-0.15, -0.1) is 0 Å². The Balaban J connectivity index is 1.11. The number of nitrogens with zero attached hydrogens (tertiary/aromatic N) is 2. The molecule has 5 aliphatic rings. The standard InChI is InChI=1S/C51H40N2O/c1-51-31-15-14-24-44(51)39-21-9-8-16-34(39)32-45(51)43-33-42-40-22-11-13-26-47(40)54-50(42)48-41-23-10-12-25-46(41)53(49(43)48)38-29-27-37(28-30-38)52(35-17-4-2-5-18-35)36-19-6-3-7-20-36/h2-19,21-30,32-33,36,48-49H,20,31H2,1H3. The molecule has 0 radical (unpaired) electrons. The maximum absolute atomic E-state index is 6.90. The normalized spacial score (nSPS) is 23.1. The van der Waals surface area contributed by atoms with E-state index in [9.17, 15) is 0 Å². The van der Waals surface area contributed by atoms with Gasteiger partial charge in [-0.3, -0.25) is 0 Å². The van der Waals surface area contributed by atoms with Gasteiger partial charge in [0.2, 0.25) is 0 Å². The number of furan rings is 1. The summed E-state index contributed by atoms with van der Waals surface area (Å²) in [5.74, 6) is 1.08. The Labute approximate surface area is 316 Å². The molecule has 6 aromatic rings. The number of hydrogen-bond acceptors (Lipinski definition) is 3. The zero-order valence-electron chi connectivity index (χ0n) is 30.3. The van der Waals surface area contributed by atoms with Crippen molar-refractivity contribution in [3.8, 4) is 0 Å². The molecule has 1 aliphatic heterocycles. The van der Waals surface area contributed by atoms with Gasteiger partial charge >= 0.3 is 0 Å². The highest BCUT2D eigenvalue weighted by atomic mass is 16.3. The Bertz CT molecular complexity index is 2650. The average Bonchev–Trinajstić information content (AvgIpc) is 3.77. The van der Waals surface area contributed by atoms with E-state index in [0.29, 0.717) is 0 Å². The molecule has 2 heterocycles. The predicted octanol–water partition coefficient (Wildman–Crippen LogP) is 13.0. The molecule has 0 N–H and O–H groups in total. The summed E-state index contributed by atoms with van der Waals surface area (Å²) < 4.78 is 6.90. The Hall–Kier alpha value is -6.32. The summed E-state index contributed by atoms with van der Waals surface area (Å²) in [5, 5.41) is 1.18. The Morgan fingerprint density at radius 3 is 2.35 bits per heavy atom. The molecule has 260 valence electrons. The van der Waals surface area contributed by atoms with Crippen molar-refractivity contribution in [3.05, 3.63) is 209 Å².